The molecule has 51 heavy (non-hydrogen) atoms. The van der Waals surface area contributed by atoms with Crippen LogP contribution in [0.1, 0.15) is 22.3 Å². The third kappa shape index (κ3) is 5.26. The Morgan fingerprint density at radius 2 is 0.902 bits per heavy atom. The predicted molar refractivity (Wildman–Crippen MR) is 217 cm³/mol. The second-order valence-electron chi connectivity index (χ2n) is 14.1. The molecule has 0 amide bonds. The first-order valence-corrected chi connectivity index (χ1v) is 22.2. The molecule has 0 spiro atoms. The van der Waals surface area contributed by atoms with Crippen LogP contribution in [0.15, 0.2) is 133 Å². The normalized spacial score (nSPS) is 16.0. The summed E-state index contributed by atoms with van der Waals surface area (Å²) in [6.45, 7) is 13.5. The highest BCUT2D eigenvalue weighted by Crippen LogP contribution is 2.46. The lowest BCUT2D eigenvalue weighted by Crippen LogP contribution is -2.67. The first-order valence-electron chi connectivity index (χ1n) is 17.5. The van der Waals surface area contributed by atoms with Crippen LogP contribution in [0, 0.1) is 27.7 Å². The summed E-state index contributed by atoms with van der Waals surface area (Å²) in [4.78, 5) is 15.1. The SMILES string of the molecule is Cc1c(C)c(-c2nc(-c3ccccc3)nc(-c3ccccc3)n2)c(C)c(C)c1-c1ccc2c(c1)P(=O)(c1ccccc1)c1ccccc1[Si]2(C)C. The molecule has 0 radical (unpaired) electrons. The van der Waals surface area contributed by atoms with E-state index in [0.29, 0.717) is 17.5 Å². The summed E-state index contributed by atoms with van der Waals surface area (Å²) in [7, 11) is -5.29. The van der Waals surface area contributed by atoms with Crippen LogP contribution in [-0.2, 0) is 4.57 Å². The molecule has 0 bridgehead atoms. The van der Waals surface area contributed by atoms with Gasteiger partial charge < -0.3 is 4.57 Å². The van der Waals surface area contributed by atoms with Crippen LogP contribution >= 0.6 is 7.14 Å². The lowest BCUT2D eigenvalue weighted by atomic mass is 9.85. The standard InChI is InChI=1S/C45H40N3OPSi/c1-29-31(3)42(45-47-43(33-18-10-7-11-19-33)46-44(48-45)34-20-12-8-13-21-34)32(4)30(2)41(29)35-26-27-40-38(28-35)50(49,36-22-14-9-15-23-36)37-24-16-17-25-39(37)51(40,5)6/h7-28H,1-6H3. The van der Waals surface area contributed by atoms with E-state index in [0.717, 1.165) is 49.3 Å². The second-order valence-corrected chi connectivity index (χ2v) is 21.1. The van der Waals surface area contributed by atoms with Crippen molar-refractivity contribution in [2.24, 2.45) is 0 Å². The Labute approximate surface area is 301 Å². The summed E-state index contributed by atoms with van der Waals surface area (Å²) in [5.74, 6) is 1.96. The van der Waals surface area contributed by atoms with Crippen LogP contribution in [0.4, 0.5) is 0 Å². The highest BCUT2D eigenvalue weighted by atomic mass is 31.2. The molecule has 7 aromatic rings. The Hall–Kier alpha value is -5.22. The molecule has 4 nitrogen and oxygen atoms in total. The largest absolute Gasteiger partial charge is 0.309 e. The summed E-state index contributed by atoms with van der Waals surface area (Å²) in [6.07, 6.45) is 0. The Morgan fingerprint density at radius 1 is 0.451 bits per heavy atom. The third-order valence-corrected chi connectivity index (χ3v) is 18.0. The van der Waals surface area contributed by atoms with Crippen molar-refractivity contribution in [3.8, 4) is 45.3 Å². The van der Waals surface area contributed by atoms with Gasteiger partial charge in [0.05, 0.1) is 0 Å². The Kier molecular flexibility index (Phi) is 8.09. The van der Waals surface area contributed by atoms with Crippen LogP contribution in [0.2, 0.25) is 13.1 Å². The maximum Gasteiger partial charge on any atom is 0.170 e. The van der Waals surface area contributed by atoms with Gasteiger partial charge >= 0.3 is 0 Å². The van der Waals surface area contributed by atoms with Crippen molar-refractivity contribution in [1.82, 2.24) is 15.0 Å². The predicted octanol–water partition coefficient (Wildman–Crippen LogP) is 8.55. The summed E-state index contributed by atoms with van der Waals surface area (Å²) >= 11 is 0. The van der Waals surface area contributed by atoms with Gasteiger partial charge in [0.25, 0.3) is 0 Å². The Bertz CT molecular complexity index is 2430. The molecule has 1 atom stereocenters. The molecule has 0 aliphatic carbocycles. The van der Waals surface area contributed by atoms with E-state index in [2.05, 4.69) is 77.2 Å². The van der Waals surface area contributed by atoms with Gasteiger partial charge in [-0.3, -0.25) is 0 Å². The van der Waals surface area contributed by atoms with E-state index in [1.54, 1.807) is 0 Å². The minimum atomic E-state index is -3.15. The molecular weight excluding hydrogens is 658 g/mol. The Balaban J connectivity index is 1.34. The molecule has 6 aromatic carbocycles. The van der Waals surface area contributed by atoms with Gasteiger partial charge in [-0.2, -0.15) is 0 Å². The van der Waals surface area contributed by atoms with E-state index >= 15 is 4.57 Å². The molecular formula is C45H40N3OPSi. The number of aromatic nitrogens is 3. The zero-order valence-corrected chi connectivity index (χ0v) is 31.8. The van der Waals surface area contributed by atoms with Gasteiger partial charge in [0, 0.05) is 32.6 Å². The number of rotatable bonds is 5. The van der Waals surface area contributed by atoms with Gasteiger partial charge in [-0.1, -0.05) is 140 Å². The fraction of sp³-hybridized carbons (Fsp3) is 0.133. The molecule has 0 fully saturated rings. The molecule has 250 valence electrons. The first-order chi connectivity index (χ1) is 24.6. The van der Waals surface area contributed by atoms with Crippen molar-refractivity contribution in [1.29, 1.82) is 0 Å². The second kappa shape index (κ2) is 12.5. The van der Waals surface area contributed by atoms with Crippen molar-refractivity contribution in [2.75, 3.05) is 0 Å². The molecule has 1 aliphatic rings. The molecule has 6 heteroatoms. The fourth-order valence-electron chi connectivity index (χ4n) is 7.95. The van der Waals surface area contributed by atoms with Crippen LogP contribution in [0.5, 0.6) is 0 Å². The van der Waals surface area contributed by atoms with Gasteiger partial charge in [0.2, 0.25) is 0 Å². The molecule has 1 unspecified atom stereocenters. The van der Waals surface area contributed by atoms with Gasteiger partial charge in [-0.05, 0) is 77.5 Å². The highest BCUT2D eigenvalue weighted by Gasteiger charge is 2.45. The third-order valence-electron chi connectivity index (χ3n) is 10.9. The van der Waals surface area contributed by atoms with Crippen molar-refractivity contribution >= 4 is 41.5 Å². The van der Waals surface area contributed by atoms with E-state index in [-0.39, 0.29) is 0 Å². The molecule has 1 aromatic heterocycles. The summed E-state index contributed by atoms with van der Waals surface area (Å²) in [6, 6.07) is 45.6. The van der Waals surface area contributed by atoms with Gasteiger partial charge in [0.1, 0.15) is 8.07 Å². The molecule has 1 aliphatic heterocycles. The first kappa shape index (κ1) is 33.0. The van der Waals surface area contributed by atoms with Crippen LogP contribution in [0.3, 0.4) is 0 Å². The van der Waals surface area contributed by atoms with Crippen molar-refractivity contribution < 1.29 is 4.57 Å². The van der Waals surface area contributed by atoms with Crippen molar-refractivity contribution in [2.45, 2.75) is 40.8 Å². The smallest absolute Gasteiger partial charge is 0.170 e. The van der Waals surface area contributed by atoms with E-state index in [1.807, 2.05) is 97.1 Å². The molecule has 8 rings (SSSR count). The number of hydrogen-bond donors (Lipinski definition) is 0. The zero-order valence-electron chi connectivity index (χ0n) is 29.9. The van der Waals surface area contributed by atoms with E-state index in [4.69, 9.17) is 15.0 Å². The average Bonchev–Trinajstić information content (AvgIpc) is 3.17. The van der Waals surface area contributed by atoms with Crippen LogP contribution in [0.25, 0.3) is 45.3 Å². The number of hydrogen-bond acceptors (Lipinski definition) is 4. The van der Waals surface area contributed by atoms with Gasteiger partial charge in [-0.25, -0.2) is 15.0 Å². The number of benzene rings is 6. The molecule has 0 saturated carbocycles. The van der Waals surface area contributed by atoms with Crippen molar-refractivity contribution in [3.63, 3.8) is 0 Å². The average molecular weight is 698 g/mol. The molecule has 2 heterocycles. The quantitative estimate of drug-likeness (QED) is 0.134. The maximum atomic E-state index is 15.8. The van der Waals surface area contributed by atoms with E-state index < -0.39 is 15.2 Å². The number of fused-ring (bicyclic) bond motifs is 2. The molecule has 0 saturated heterocycles. The lowest BCUT2D eigenvalue weighted by molar-refractivity contribution is 0.592. The van der Waals surface area contributed by atoms with Crippen molar-refractivity contribution in [3.05, 3.63) is 156 Å². The van der Waals surface area contributed by atoms with Gasteiger partial charge in [-0.15, -0.1) is 0 Å². The monoisotopic (exact) mass is 697 g/mol. The minimum absolute atomic E-state index is 0.649. The maximum absolute atomic E-state index is 15.8. The van der Waals surface area contributed by atoms with E-state index in [1.165, 1.54) is 27.1 Å². The molecule has 0 N–H and O–H groups in total. The van der Waals surface area contributed by atoms with Crippen LogP contribution in [-0.4, -0.2) is 23.0 Å². The Morgan fingerprint density at radius 3 is 1.47 bits per heavy atom. The topological polar surface area (TPSA) is 55.7 Å². The number of nitrogens with zero attached hydrogens (tertiary/aromatic N) is 3. The fourth-order valence-corrected chi connectivity index (χ4v) is 16.2. The highest BCUT2D eigenvalue weighted by molar-refractivity contribution is 7.86. The van der Waals surface area contributed by atoms with Gasteiger partial charge in [0.15, 0.2) is 24.6 Å². The van der Waals surface area contributed by atoms with Crippen LogP contribution < -0.4 is 26.3 Å². The van der Waals surface area contributed by atoms with E-state index in [9.17, 15) is 0 Å². The summed E-state index contributed by atoms with van der Waals surface area (Å²) < 4.78 is 15.8. The summed E-state index contributed by atoms with van der Waals surface area (Å²) in [5.41, 5.74) is 9.77. The zero-order chi connectivity index (χ0) is 35.5. The lowest BCUT2D eigenvalue weighted by Gasteiger charge is -2.38. The summed E-state index contributed by atoms with van der Waals surface area (Å²) in [5, 5.41) is 5.38. The minimum Gasteiger partial charge on any atom is -0.309 e.